The predicted molar refractivity (Wildman–Crippen MR) is 85.3 cm³/mol. The van der Waals surface area contributed by atoms with Gasteiger partial charge in [-0.15, -0.1) is 0 Å². The largest absolute Gasteiger partial charge is 0.381 e. The number of nitrogens with zero attached hydrogens (tertiary/aromatic N) is 1. The fraction of sp³-hybridized carbons (Fsp3) is 1.00. The van der Waals surface area contributed by atoms with E-state index in [1.165, 1.54) is 58.3 Å². The highest BCUT2D eigenvalue weighted by molar-refractivity contribution is 5.05. The van der Waals surface area contributed by atoms with Crippen LogP contribution >= 0.6 is 0 Å². The first-order valence-corrected chi connectivity index (χ1v) is 9.33. The molecular formula is C18H32N2O. The Hall–Kier alpha value is -0.120. The minimum atomic E-state index is 0.513. The van der Waals surface area contributed by atoms with Gasteiger partial charge in [-0.2, -0.15) is 0 Å². The first kappa shape index (κ1) is 14.5. The highest BCUT2D eigenvalue weighted by atomic mass is 16.5. The van der Waals surface area contributed by atoms with Crippen LogP contribution in [0.4, 0.5) is 0 Å². The predicted octanol–water partition coefficient (Wildman–Crippen LogP) is 2.51. The number of fused-ring (bicyclic) bond motifs is 5. The molecule has 1 heterocycles. The van der Waals surface area contributed by atoms with Crippen molar-refractivity contribution in [2.45, 2.75) is 57.1 Å². The van der Waals surface area contributed by atoms with Crippen molar-refractivity contribution in [3.8, 4) is 0 Å². The van der Waals surface area contributed by atoms with E-state index in [0.29, 0.717) is 6.10 Å². The van der Waals surface area contributed by atoms with Gasteiger partial charge in [0.05, 0.1) is 6.10 Å². The number of piperidine rings is 1. The Labute approximate surface area is 129 Å². The zero-order valence-electron chi connectivity index (χ0n) is 13.6. The van der Waals surface area contributed by atoms with Crippen molar-refractivity contribution in [3.63, 3.8) is 0 Å². The molecule has 4 rings (SSSR count). The van der Waals surface area contributed by atoms with Gasteiger partial charge >= 0.3 is 0 Å². The second-order valence-corrected chi connectivity index (χ2v) is 7.99. The van der Waals surface area contributed by atoms with Crippen molar-refractivity contribution in [2.75, 3.05) is 33.3 Å². The van der Waals surface area contributed by atoms with E-state index >= 15 is 0 Å². The zero-order valence-corrected chi connectivity index (χ0v) is 13.6. The summed E-state index contributed by atoms with van der Waals surface area (Å²) in [5.74, 6) is 4.33. The molecule has 21 heavy (non-hydrogen) atoms. The number of methoxy groups -OCH3 is 1. The van der Waals surface area contributed by atoms with Crippen LogP contribution in [0.3, 0.4) is 0 Å². The SMILES string of the molecule is COC1CCN(CCN[C@@H]2C[C@H]3C[C@H]2[C@H]2CCC[C@@H]32)CC1. The molecule has 1 saturated heterocycles. The van der Waals surface area contributed by atoms with Crippen molar-refractivity contribution >= 4 is 0 Å². The van der Waals surface area contributed by atoms with E-state index in [0.717, 1.165) is 29.7 Å². The van der Waals surface area contributed by atoms with Crippen LogP contribution in [0.1, 0.15) is 44.9 Å². The molecule has 120 valence electrons. The summed E-state index contributed by atoms with van der Waals surface area (Å²) in [4.78, 5) is 2.62. The molecule has 0 unspecified atom stereocenters. The second-order valence-electron chi connectivity index (χ2n) is 7.99. The molecule has 4 fully saturated rings. The molecule has 3 aliphatic carbocycles. The molecule has 4 aliphatic rings. The minimum Gasteiger partial charge on any atom is -0.381 e. The molecule has 3 saturated carbocycles. The molecule has 1 N–H and O–H groups in total. The number of hydrogen-bond donors (Lipinski definition) is 1. The Bertz CT molecular complexity index is 353. The monoisotopic (exact) mass is 292 g/mol. The minimum absolute atomic E-state index is 0.513. The maximum Gasteiger partial charge on any atom is 0.0595 e. The average Bonchev–Trinajstić information content (AvgIpc) is 3.20. The van der Waals surface area contributed by atoms with Gasteiger partial charge in [0.15, 0.2) is 0 Å². The van der Waals surface area contributed by atoms with Crippen LogP contribution in [0.15, 0.2) is 0 Å². The van der Waals surface area contributed by atoms with E-state index in [1.54, 1.807) is 12.8 Å². The molecule has 3 heteroatoms. The lowest BCUT2D eigenvalue weighted by Crippen LogP contribution is -2.44. The number of nitrogens with one attached hydrogen (secondary N) is 1. The van der Waals surface area contributed by atoms with Gasteiger partial charge in [0.25, 0.3) is 0 Å². The standard InChI is InChI=1S/C18H32N2O/c1-21-14-5-8-20(9-6-14)10-7-19-18-12-13-11-17(18)16-4-2-3-15(13)16/h13-19H,2-12H2,1H3/t13-,15+,16+,17+,18-/m1/s1. The van der Waals surface area contributed by atoms with Gasteiger partial charge in [-0.1, -0.05) is 6.42 Å². The Morgan fingerprint density at radius 2 is 1.81 bits per heavy atom. The maximum atomic E-state index is 5.46. The van der Waals surface area contributed by atoms with Gasteiger partial charge in [-0.05, 0) is 62.2 Å². The maximum absolute atomic E-state index is 5.46. The van der Waals surface area contributed by atoms with Gasteiger partial charge < -0.3 is 15.0 Å². The lowest BCUT2D eigenvalue weighted by atomic mass is 9.79. The summed E-state index contributed by atoms with van der Waals surface area (Å²) in [6, 6.07) is 0.853. The van der Waals surface area contributed by atoms with Crippen LogP contribution in [0.25, 0.3) is 0 Å². The van der Waals surface area contributed by atoms with Gasteiger partial charge in [-0.3, -0.25) is 0 Å². The van der Waals surface area contributed by atoms with Gasteiger partial charge in [0.1, 0.15) is 0 Å². The number of rotatable bonds is 5. The molecule has 1 aliphatic heterocycles. The van der Waals surface area contributed by atoms with Crippen molar-refractivity contribution in [1.29, 1.82) is 0 Å². The van der Waals surface area contributed by atoms with E-state index in [9.17, 15) is 0 Å². The Morgan fingerprint density at radius 3 is 2.62 bits per heavy atom. The topological polar surface area (TPSA) is 24.5 Å². The molecule has 0 aromatic heterocycles. The summed E-state index contributed by atoms with van der Waals surface area (Å²) in [6.07, 6.45) is 10.6. The smallest absolute Gasteiger partial charge is 0.0595 e. The fourth-order valence-corrected chi connectivity index (χ4v) is 6.08. The summed E-state index contributed by atoms with van der Waals surface area (Å²) in [7, 11) is 1.85. The molecule has 3 nitrogen and oxygen atoms in total. The summed E-state index contributed by atoms with van der Waals surface area (Å²) in [5, 5.41) is 3.93. The van der Waals surface area contributed by atoms with E-state index < -0.39 is 0 Å². The molecule has 0 aromatic carbocycles. The van der Waals surface area contributed by atoms with Crippen LogP contribution in [-0.4, -0.2) is 50.3 Å². The van der Waals surface area contributed by atoms with Crippen LogP contribution in [0, 0.1) is 23.7 Å². The van der Waals surface area contributed by atoms with E-state index in [4.69, 9.17) is 4.74 Å². The molecule has 2 bridgehead atoms. The van der Waals surface area contributed by atoms with Crippen molar-refractivity contribution < 1.29 is 4.74 Å². The second kappa shape index (κ2) is 6.17. The van der Waals surface area contributed by atoms with Crippen LogP contribution in [0.2, 0.25) is 0 Å². The Morgan fingerprint density at radius 1 is 1.00 bits per heavy atom. The normalized spacial score (nSPS) is 43.6. The Balaban J connectivity index is 1.19. The summed E-state index contributed by atoms with van der Waals surface area (Å²) < 4.78 is 5.46. The van der Waals surface area contributed by atoms with Crippen molar-refractivity contribution in [2.24, 2.45) is 23.7 Å². The number of ether oxygens (including phenoxy) is 1. The molecule has 0 amide bonds. The summed E-state index contributed by atoms with van der Waals surface area (Å²) in [5.41, 5.74) is 0. The first-order valence-electron chi connectivity index (χ1n) is 9.33. The molecule has 0 spiro atoms. The lowest BCUT2D eigenvalue weighted by Gasteiger charge is -2.34. The quantitative estimate of drug-likeness (QED) is 0.842. The van der Waals surface area contributed by atoms with Gasteiger partial charge in [-0.25, -0.2) is 0 Å². The molecule has 5 atom stereocenters. The summed E-state index contributed by atoms with van der Waals surface area (Å²) in [6.45, 7) is 4.88. The molecule has 0 aromatic rings. The number of likely N-dealkylation sites (tertiary alicyclic amines) is 1. The van der Waals surface area contributed by atoms with Crippen LogP contribution in [-0.2, 0) is 4.74 Å². The lowest BCUT2D eigenvalue weighted by molar-refractivity contribution is 0.0409. The third kappa shape index (κ3) is 2.77. The fourth-order valence-electron chi connectivity index (χ4n) is 6.08. The number of hydrogen-bond acceptors (Lipinski definition) is 3. The molecule has 0 radical (unpaired) electrons. The molecular weight excluding hydrogens is 260 g/mol. The van der Waals surface area contributed by atoms with E-state index in [1.807, 2.05) is 7.11 Å². The van der Waals surface area contributed by atoms with Crippen molar-refractivity contribution in [3.05, 3.63) is 0 Å². The van der Waals surface area contributed by atoms with Crippen LogP contribution < -0.4 is 5.32 Å². The van der Waals surface area contributed by atoms with Gasteiger partial charge in [0, 0.05) is 39.3 Å². The average molecular weight is 292 g/mol. The highest BCUT2D eigenvalue weighted by Gasteiger charge is 2.53. The van der Waals surface area contributed by atoms with Crippen LogP contribution in [0.5, 0.6) is 0 Å². The zero-order chi connectivity index (χ0) is 14.2. The van der Waals surface area contributed by atoms with E-state index in [2.05, 4.69) is 10.2 Å². The van der Waals surface area contributed by atoms with Crippen molar-refractivity contribution in [1.82, 2.24) is 10.2 Å². The first-order chi connectivity index (χ1) is 10.3. The Kier molecular flexibility index (Phi) is 4.25. The third-order valence-electron chi connectivity index (χ3n) is 7.13. The van der Waals surface area contributed by atoms with Gasteiger partial charge in [0.2, 0.25) is 0 Å². The summed E-state index contributed by atoms with van der Waals surface area (Å²) >= 11 is 0. The third-order valence-corrected chi connectivity index (χ3v) is 7.13. The van der Waals surface area contributed by atoms with E-state index in [-0.39, 0.29) is 0 Å². The highest BCUT2D eigenvalue weighted by Crippen LogP contribution is 2.58.